The van der Waals surface area contributed by atoms with E-state index >= 15 is 0 Å². The van der Waals surface area contributed by atoms with Gasteiger partial charge in [-0.2, -0.15) is 18.4 Å². The van der Waals surface area contributed by atoms with Crippen molar-refractivity contribution in [3.8, 4) is 6.19 Å². The molecule has 6 nitrogen and oxygen atoms in total. The molecular formula is C15H17F3N4O2S. The molecule has 0 bridgehead atoms. The molecule has 0 saturated carbocycles. The highest BCUT2D eigenvalue weighted by Gasteiger charge is 2.31. The molecule has 0 atom stereocenters. The molecule has 2 N–H and O–H groups in total. The van der Waals surface area contributed by atoms with Gasteiger partial charge in [-0.15, -0.1) is 0 Å². The number of amidine groups is 1. The summed E-state index contributed by atoms with van der Waals surface area (Å²) < 4.78 is 43.2. The van der Waals surface area contributed by atoms with Gasteiger partial charge < -0.3 is 10.1 Å². The van der Waals surface area contributed by atoms with Crippen LogP contribution in [0.15, 0.2) is 23.2 Å². The first-order chi connectivity index (χ1) is 11.8. The number of hydrogen-bond donors (Lipinski definition) is 2. The van der Waals surface area contributed by atoms with E-state index in [1.165, 1.54) is 13.2 Å². The van der Waals surface area contributed by atoms with E-state index in [0.717, 1.165) is 23.9 Å². The number of alkyl halides is 3. The number of anilines is 1. The van der Waals surface area contributed by atoms with Gasteiger partial charge in [0.25, 0.3) is 0 Å². The minimum absolute atomic E-state index is 0.0417. The van der Waals surface area contributed by atoms with E-state index in [4.69, 9.17) is 5.26 Å². The molecule has 0 radical (unpaired) electrons. The first-order valence-corrected chi connectivity index (χ1v) is 8.34. The quantitative estimate of drug-likeness (QED) is 0.198. The lowest BCUT2D eigenvalue weighted by Crippen LogP contribution is -2.13. The van der Waals surface area contributed by atoms with E-state index in [9.17, 15) is 18.0 Å². The number of benzene rings is 1. The predicted molar refractivity (Wildman–Crippen MR) is 90.5 cm³/mol. The van der Waals surface area contributed by atoms with Crippen LogP contribution in [0.2, 0.25) is 0 Å². The molecule has 0 spiro atoms. The monoisotopic (exact) mass is 374 g/mol. The topological polar surface area (TPSA) is 86.5 Å². The highest BCUT2D eigenvalue weighted by molar-refractivity contribution is 8.13. The average molecular weight is 374 g/mol. The molecule has 0 heterocycles. The Bertz CT molecular complexity index is 672. The van der Waals surface area contributed by atoms with Crippen molar-refractivity contribution >= 4 is 34.3 Å². The maximum Gasteiger partial charge on any atom is 0.416 e. The van der Waals surface area contributed by atoms with Gasteiger partial charge >= 0.3 is 12.1 Å². The van der Waals surface area contributed by atoms with Crippen LogP contribution in [0.1, 0.15) is 18.4 Å². The van der Waals surface area contributed by atoms with Crippen molar-refractivity contribution in [2.45, 2.75) is 19.0 Å². The number of esters is 1. The van der Waals surface area contributed by atoms with Gasteiger partial charge in [-0.25, -0.2) is 4.99 Å². The third kappa shape index (κ3) is 6.93. The lowest BCUT2D eigenvalue weighted by Gasteiger charge is -2.13. The van der Waals surface area contributed by atoms with Gasteiger partial charge in [0.2, 0.25) is 0 Å². The average Bonchev–Trinajstić information content (AvgIpc) is 2.57. The van der Waals surface area contributed by atoms with Gasteiger partial charge in [-0.3, -0.25) is 10.1 Å². The van der Waals surface area contributed by atoms with E-state index in [-0.39, 0.29) is 23.2 Å². The number of nitrogens with one attached hydrogen (secondary N) is 2. The lowest BCUT2D eigenvalue weighted by atomic mass is 10.1. The summed E-state index contributed by atoms with van der Waals surface area (Å²) in [4.78, 5) is 15.1. The fraction of sp³-hybridized carbons (Fsp3) is 0.400. The van der Waals surface area contributed by atoms with Crippen LogP contribution in [0.25, 0.3) is 0 Å². The molecule has 136 valence electrons. The molecule has 0 aliphatic rings. The van der Waals surface area contributed by atoms with Crippen molar-refractivity contribution in [2.24, 2.45) is 4.99 Å². The smallest absolute Gasteiger partial charge is 0.416 e. The molecule has 25 heavy (non-hydrogen) atoms. The largest absolute Gasteiger partial charge is 0.469 e. The Morgan fingerprint density at radius 1 is 1.44 bits per heavy atom. The normalized spacial score (nSPS) is 11.6. The number of nitriles is 1. The van der Waals surface area contributed by atoms with Crippen LogP contribution in [0.5, 0.6) is 0 Å². The molecule has 1 aromatic rings. The standard InChI is InChI=1S/C15H17F3N4O2S/c1-24-13(23)4-3-7-20-11-6-5-10(15(16,17)18)8-12(11)22-14(25-2)21-9-19/h5-6,8,20H,3-4,7H2,1-2H3,(H,21,22). The molecule has 1 rings (SSSR count). The van der Waals surface area contributed by atoms with Gasteiger partial charge in [-0.05, 0) is 30.9 Å². The van der Waals surface area contributed by atoms with E-state index < -0.39 is 11.7 Å². The summed E-state index contributed by atoms with van der Waals surface area (Å²) in [5.74, 6) is -0.365. The van der Waals surface area contributed by atoms with Crippen molar-refractivity contribution in [1.29, 1.82) is 5.26 Å². The fourth-order valence-electron chi connectivity index (χ4n) is 1.79. The first-order valence-electron chi connectivity index (χ1n) is 7.11. The van der Waals surface area contributed by atoms with Crippen LogP contribution in [0, 0.1) is 11.5 Å². The summed E-state index contributed by atoms with van der Waals surface area (Å²) in [5, 5.41) is 14.1. The van der Waals surface area contributed by atoms with Gasteiger partial charge in [-0.1, -0.05) is 11.8 Å². The Hall–Kier alpha value is -2.41. The number of ether oxygens (including phenoxy) is 1. The number of thioether (sulfide) groups is 1. The molecule has 0 amide bonds. The number of methoxy groups -OCH3 is 1. The zero-order valence-corrected chi connectivity index (χ0v) is 14.4. The summed E-state index contributed by atoms with van der Waals surface area (Å²) in [6.45, 7) is 0.350. The SMILES string of the molecule is COC(=O)CCCNc1ccc(C(F)(F)F)cc1N=C(NC#N)SC. The minimum atomic E-state index is -4.50. The van der Waals surface area contributed by atoms with Gasteiger partial charge in [0, 0.05) is 13.0 Å². The second-order valence-corrected chi connectivity index (χ2v) is 5.49. The third-order valence-corrected chi connectivity index (χ3v) is 3.58. The first kappa shape index (κ1) is 20.6. The van der Waals surface area contributed by atoms with Gasteiger partial charge in [0.1, 0.15) is 0 Å². The maximum absolute atomic E-state index is 12.9. The molecule has 10 heteroatoms. The Labute approximate surface area is 147 Å². The number of aliphatic imine (C=N–C) groups is 1. The van der Waals surface area contributed by atoms with E-state index in [0.29, 0.717) is 18.7 Å². The van der Waals surface area contributed by atoms with Crippen LogP contribution >= 0.6 is 11.8 Å². The number of carbonyl (C=O) groups excluding carboxylic acids is 1. The third-order valence-electron chi connectivity index (χ3n) is 3.00. The predicted octanol–water partition coefficient (Wildman–Crippen LogP) is 3.49. The van der Waals surface area contributed by atoms with Crippen LogP contribution < -0.4 is 10.6 Å². The second-order valence-electron chi connectivity index (χ2n) is 4.69. The summed E-state index contributed by atoms with van der Waals surface area (Å²) in [6.07, 6.45) is -0.550. The number of nitrogens with zero attached hydrogens (tertiary/aromatic N) is 2. The van der Waals surface area contributed by atoms with Gasteiger partial charge in [0.05, 0.1) is 24.0 Å². The Kier molecular flexibility index (Phi) is 8.07. The molecule has 0 aliphatic heterocycles. The molecule has 0 fully saturated rings. The minimum Gasteiger partial charge on any atom is -0.469 e. The Balaban J connectivity index is 3.02. The zero-order valence-electron chi connectivity index (χ0n) is 13.6. The zero-order chi connectivity index (χ0) is 18.9. The van der Waals surface area contributed by atoms with Crippen molar-refractivity contribution in [2.75, 3.05) is 25.2 Å². The van der Waals surface area contributed by atoms with Crippen LogP contribution in [0.4, 0.5) is 24.5 Å². The van der Waals surface area contributed by atoms with Crippen LogP contribution in [-0.4, -0.2) is 31.0 Å². The summed E-state index contributed by atoms with van der Waals surface area (Å²) in [7, 11) is 1.28. The molecular weight excluding hydrogens is 357 g/mol. The summed E-state index contributed by atoms with van der Waals surface area (Å²) >= 11 is 1.09. The summed E-state index contributed by atoms with van der Waals surface area (Å²) in [6, 6.07) is 3.11. The molecule has 0 unspecified atom stereocenters. The lowest BCUT2D eigenvalue weighted by molar-refractivity contribution is -0.140. The highest BCUT2D eigenvalue weighted by Crippen LogP contribution is 2.35. The number of hydrogen-bond acceptors (Lipinski definition) is 6. The Morgan fingerprint density at radius 3 is 2.72 bits per heavy atom. The van der Waals surface area contributed by atoms with Crippen molar-refractivity contribution < 1.29 is 22.7 Å². The van der Waals surface area contributed by atoms with Crippen molar-refractivity contribution in [3.05, 3.63) is 23.8 Å². The fourth-order valence-corrected chi connectivity index (χ4v) is 2.13. The number of rotatable bonds is 6. The maximum atomic E-state index is 12.9. The Morgan fingerprint density at radius 2 is 2.16 bits per heavy atom. The highest BCUT2D eigenvalue weighted by atomic mass is 32.2. The van der Waals surface area contributed by atoms with E-state index in [1.807, 2.05) is 0 Å². The molecule has 1 aromatic carbocycles. The van der Waals surface area contributed by atoms with Crippen molar-refractivity contribution in [1.82, 2.24) is 5.32 Å². The van der Waals surface area contributed by atoms with Crippen LogP contribution in [-0.2, 0) is 15.7 Å². The summed E-state index contributed by atoms with van der Waals surface area (Å²) in [5.41, 5.74) is -0.437. The van der Waals surface area contributed by atoms with Crippen molar-refractivity contribution in [3.63, 3.8) is 0 Å². The van der Waals surface area contributed by atoms with Gasteiger partial charge in [0.15, 0.2) is 11.4 Å². The van der Waals surface area contributed by atoms with Crippen LogP contribution in [0.3, 0.4) is 0 Å². The second kappa shape index (κ2) is 9.78. The van der Waals surface area contributed by atoms with E-state index in [1.54, 1.807) is 12.4 Å². The molecule has 0 aliphatic carbocycles. The number of carbonyl (C=O) groups is 1. The molecule has 0 aromatic heterocycles. The van der Waals surface area contributed by atoms with E-state index in [2.05, 4.69) is 20.4 Å². The number of halogens is 3. The molecule has 0 saturated heterocycles.